The first kappa shape index (κ1) is 12.5. The van der Waals surface area contributed by atoms with Crippen molar-refractivity contribution < 1.29 is 8.78 Å². The SMILES string of the molecule is C[C@@H](Nc1ncnc2nc[nH]c12)c1ccc(F)cc1F. The fraction of sp³-hybridized carbons (Fsp3) is 0.154. The quantitative estimate of drug-likeness (QED) is 0.771. The van der Waals surface area contributed by atoms with Gasteiger partial charge in [-0.3, -0.25) is 0 Å². The van der Waals surface area contributed by atoms with Gasteiger partial charge in [-0.1, -0.05) is 6.07 Å². The number of nitrogens with one attached hydrogen (secondary N) is 2. The minimum absolute atomic E-state index is 0.359. The van der Waals surface area contributed by atoms with Crippen molar-refractivity contribution in [1.82, 2.24) is 19.9 Å². The highest BCUT2D eigenvalue weighted by molar-refractivity contribution is 5.82. The predicted octanol–water partition coefficient (Wildman–Crippen LogP) is 2.80. The van der Waals surface area contributed by atoms with Crippen molar-refractivity contribution in [2.75, 3.05) is 5.32 Å². The van der Waals surface area contributed by atoms with Gasteiger partial charge in [-0.05, 0) is 13.0 Å². The summed E-state index contributed by atoms with van der Waals surface area (Å²) in [7, 11) is 0. The first-order valence-electron chi connectivity index (χ1n) is 6.00. The highest BCUT2D eigenvalue weighted by Crippen LogP contribution is 2.24. The van der Waals surface area contributed by atoms with Gasteiger partial charge >= 0.3 is 0 Å². The average Bonchev–Trinajstić information content (AvgIpc) is 2.87. The molecule has 0 saturated carbocycles. The van der Waals surface area contributed by atoms with Crippen LogP contribution in [0.4, 0.5) is 14.6 Å². The van der Waals surface area contributed by atoms with Crippen LogP contribution in [0.3, 0.4) is 0 Å². The second kappa shape index (κ2) is 4.84. The second-order valence-electron chi connectivity index (χ2n) is 4.36. The molecule has 2 N–H and O–H groups in total. The van der Waals surface area contributed by atoms with Crippen LogP contribution in [-0.2, 0) is 0 Å². The minimum Gasteiger partial charge on any atom is -0.362 e. The zero-order valence-electron chi connectivity index (χ0n) is 10.6. The number of benzene rings is 1. The number of halogens is 2. The lowest BCUT2D eigenvalue weighted by molar-refractivity contribution is 0.566. The molecule has 0 amide bonds. The Morgan fingerprint density at radius 3 is 2.85 bits per heavy atom. The lowest BCUT2D eigenvalue weighted by Gasteiger charge is -2.15. The summed E-state index contributed by atoms with van der Waals surface area (Å²) in [4.78, 5) is 15.0. The summed E-state index contributed by atoms with van der Waals surface area (Å²) < 4.78 is 26.6. The molecule has 7 heteroatoms. The maximum absolute atomic E-state index is 13.7. The Morgan fingerprint density at radius 1 is 1.20 bits per heavy atom. The Labute approximate surface area is 113 Å². The summed E-state index contributed by atoms with van der Waals surface area (Å²) in [6.07, 6.45) is 2.88. The predicted molar refractivity (Wildman–Crippen MR) is 70.1 cm³/mol. The number of hydrogen-bond donors (Lipinski definition) is 2. The van der Waals surface area contributed by atoms with Crippen LogP contribution in [0, 0.1) is 11.6 Å². The van der Waals surface area contributed by atoms with Gasteiger partial charge < -0.3 is 10.3 Å². The average molecular weight is 275 g/mol. The van der Waals surface area contributed by atoms with E-state index in [1.807, 2.05) is 0 Å². The normalized spacial score (nSPS) is 12.6. The number of anilines is 1. The van der Waals surface area contributed by atoms with Crippen molar-refractivity contribution >= 4 is 17.0 Å². The monoisotopic (exact) mass is 275 g/mol. The van der Waals surface area contributed by atoms with Gasteiger partial charge in [0.2, 0.25) is 0 Å². The summed E-state index contributed by atoms with van der Waals surface area (Å²) >= 11 is 0. The second-order valence-corrected chi connectivity index (χ2v) is 4.36. The van der Waals surface area contributed by atoms with E-state index in [4.69, 9.17) is 0 Å². The van der Waals surface area contributed by atoms with Gasteiger partial charge in [0.25, 0.3) is 0 Å². The molecule has 20 heavy (non-hydrogen) atoms. The van der Waals surface area contributed by atoms with Crippen LogP contribution in [0.25, 0.3) is 11.2 Å². The Balaban J connectivity index is 1.92. The van der Waals surface area contributed by atoms with Crippen molar-refractivity contribution in [2.24, 2.45) is 0 Å². The zero-order chi connectivity index (χ0) is 14.1. The van der Waals surface area contributed by atoms with Crippen LogP contribution in [0.5, 0.6) is 0 Å². The van der Waals surface area contributed by atoms with E-state index in [-0.39, 0.29) is 6.04 Å². The van der Waals surface area contributed by atoms with Crippen LogP contribution in [-0.4, -0.2) is 19.9 Å². The molecule has 5 nitrogen and oxygen atoms in total. The molecule has 1 atom stereocenters. The molecule has 0 bridgehead atoms. The molecule has 3 aromatic rings. The summed E-state index contributed by atoms with van der Waals surface area (Å²) in [5.74, 6) is -0.680. The van der Waals surface area contributed by atoms with Crippen LogP contribution in [0.15, 0.2) is 30.9 Å². The van der Waals surface area contributed by atoms with Gasteiger partial charge in [0, 0.05) is 11.6 Å². The van der Waals surface area contributed by atoms with Crippen molar-refractivity contribution in [3.8, 4) is 0 Å². The Hall–Kier alpha value is -2.57. The molecule has 2 aromatic heterocycles. The van der Waals surface area contributed by atoms with Gasteiger partial charge in [0.05, 0.1) is 12.4 Å². The maximum atomic E-state index is 13.7. The van der Waals surface area contributed by atoms with Gasteiger partial charge in [0.15, 0.2) is 11.5 Å². The third-order valence-electron chi connectivity index (χ3n) is 3.01. The smallest absolute Gasteiger partial charge is 0.182 e. The molecule has 1 aromatic carbocycles. The molecule has 0 saturated heterocycles. The van der Waals surface area contributed by atoms with E-state index in [0.29, 0.717) is 22.5 Å². The van der Waals surface area contributed by atoms with Crippen molar-refractivity contribution in [3.05, 3.63) is 48.1 Å². The number of nitrogens with zero attached hydrogens (tertiary/aromatic N) is 3. The van der Waals surface area contributed by atoms with E-state index in [9.17, 15) is 8.78 Å². The van der Waals surface area contributed by atoms with E-state index in [1.165, 1.54) is 24.8 Å². The van der Waals surface area contributed by atoms with Crippen LogP contribution in [0.2, 0.25) is 0 Å². The van der Waals surface area contributed by atoms with Crippen LogP contribution in [0.1, 0.15) is 18.5 Å². The molecule has 2 heterocycles. The van der Waals surface area contributed by atoms with Gasteiger partial charge in [-0.15, -0.1) is 0 Å². The molecule has 3 rings (SSSR count). The molecule has 0 aliphatic rings. The first-order chi connectivity index (χ1) is 9.65. The van der Waals surface area contributed by atoms with E-state index < -0.39 is 11.6 Å². The largest absolute Gasteiger partial charge is 0.362 e. The fourth-order valence-electron chi connectivity index (χ4n) is 2.01. The first-order valence-corrected chi connectivity index (χ1v) is 6.00. The summed E-state index contributed by atoms with van der Waals surface area (Å²) in [5, 5.41) is 3.06. The lowest BCUT2D eigenvalue weighted by Crippen LogP contribution is -2.10. The third kappa shape index (κ3) is 2.18. The Morgan fingerprint density at radius 2 is 2.05 bits per heavy atom. The zero-order valence-corrected chi connectivity index (χ0v) is 10.6. The van der Waals surface area contributed by atoms with E-state index in [1.54, 1.807) is 6.92 Å². The number of fused-ring (bicyclic) bond motifs is 1. The third-order valence-corrected chi connectivity index (χ3v) is 3.01. The van der Waals surface area contributed by atoms with E-state index >= 15 is 0 Å². The number of aromatic amines is 1. The molecular weight excluding hydrogens is 264 g/mol. The standard InChI is InChI=1S/C13H11F2N5/c1-7(9-3-2-8(14)4-10(9)15)20-13-11-12(17-5-16-11)18-6-19-13/h2-7H,1H3,(H2,16,17,18,19,20)/t7-/m1/s1. The van der Waals surface area contributed by atoms with Crippen molar-refractivity contribution in [2.45, 2.75) is 13.0 Å². The van der Waals surface area contributed by atoms with Crippen molar-refractivity contribution in [3.63, 3.8) is 0 Å². The van der Waals surface area contributed by atoms with E-state index in [2.05, 4.69) is 25.3 Å². The van der Waals surface area contributed by atoms with Gasteiger partial charge in [-0.2, -0.15) is 0 Å². The van der Waals surface area contributed by atoms with Crippen LogP contribution >= 0.6 is 0 Å². The van der Waals surface area contributed by atoms with E-state index in [0.717, 1.165) is 6.07 Å². The number of H-pyrrole nitrogens is 1. The lowest BCUT2D eigenvalue weighted by atomic mass is 10.1. The van der Waals surface area contributed by atoms with Gasteiger partial charge in [-0.25, -0.2) is 23.7 Å². The molecule has 0 aliphatic heterocycles. The molecule has 102 valence electrons. The van der Waals surface area contributed by atoms with Gasteiger partial charge in [0.1, 0.15) is 23.5 Å². The minimum atomic E-state index is -0.601. The molecule has 0 radical (unpaired) electrons. The maximum Gasteiger partial charge on any atom is 0.182 e. The summed E-state index contributed by atoms with van der Waals surface area (Å²) in [6.45, 7) is 1.76. The summed E-state index contributed by atoms with van der Waals surface area (Å²) in [6, 6.07) is 3.12. The molecule has 0 fully saturated rings. The Kier molecular flexibility index (Phi) is 3.02. The molecular formula is C13H11F2N5. The fourth-order valence-corrected chi connectivity index (χ4v) is 2.01. The Bertz CT molecular complexity index is 755. The molecule has 0 aliphatic carbocycles. The number of aromatic nitrogens is 4. The van der Waals surface area contributed by atoms with Crippen LogP contribution < -0.4 is 5.32 Å². The molecule has 0 spiro atoms. The van der Waals surface area contributed by atoms with Crippen molar-refractivity contribution in [1.29, 1.82) is 0 Å². The number of rotatable bonds is 3. The molecule has 0 unspecified atom stereocenters. The number of hydrogen-bond acceptors (Lipinski definition) is 4. The highest BCUT2D eigenvalue weighted by Gasteiger charge is 2.14. The summed E-state index contributed by atoms with van der Waals surface area (Å²) in [5.41, 5.74) is 1.52. The highest BCUT2D eigenvalue weighted by atomic mass is 19.1. The topological polar surface area (TPSA) is 66.5 Å². The number of imidazole rings is 1.